The highest BCUT2D eigenvalue weighted by Gasteiger charge is 2.31. The van der Waals surface area contributed by atoms with Crippen molar-refractivity contribution in [2.24, 2.45) is 5.92 Å². The van der Waals surface area contributed by atoms with E-state index in [9.17, 15) is 8.42 Å². The van der Waals surface area contributed by atoms with E-state index in [1.807, 2.05) is 13.8 Å². The molecule has 1 aliphatic heterocycles. The molecule has 22 heavy (non-hydrogen) atoms. The van der Waals surface area contributed by atoms with Crippen LogP contribution in [-0.2, 0) is 10.0 Å². The number of halogens is 1. The molecule has 2 rings (SSSR count). The fraction of sp³-hybridized carbons (Fsp3) is 0.625. The number of benzene rings is 1. The van der Waals surface area contributed by atoms with E-state index < -0.39 is 10.0 Å². The summed E-state index contributed by atoms with van der Waals surface area (Å²) in [7, 11) is -3.57. The van der Waals surface area contributed by atoms with Gasteiger partial charge in [-0.05, 0) is 49.8 Å². The van der Waals surface area contributed by atoms with E-state index in [0.29, 0.717) is 36.4 Å². The molecule has 0 amide bonds. The zero-order valence-electron chi connectivity index (χ0n) is 13.4. The van der Waals surface area contributed by atoms with Crippen molar-refractivity contribution in [3.8, 4) is 5.75 Å². The lowest BCUT2D eigenvalue weighted by molar-refractivity contribution is 0.277. The van der Waals surface area contributed by atoms with Crippen LogP contribution in [0.4, 0.5) is 0 Å². The number of rotatable bonds is 5. The van der Waals surface area contributed by atoms with Gasteiger partial charge in [-0.3, -0.25) is 0 Å². The van der Waals surface area contributed by atoms with Gasteiger partial charge in [-0.1, -0.05) is 25.4 Å². The van der Waals surface area contributed by atoms with Crippen LogP contribution in [-0.4, -0.2) is 32.4 Å². The maximum absolute atomic E-state index is 13.0. The third-order valence-corrected chi connectivity index (χ3v) is 6.22. The molecule has 6 heteroatoms. The summed E-state index contributed by atoms with van der Waals surface area (Å²) >= 11 is 6.15. The highest BCUT2D eigenvalue weighted by molar-refractivity contribution is 7.89. The van der Waals surface area contributed by atoms with Crippen molar-refractivity contribution in [1.29, 1.82) is 0 Å². The van der Waals surface area contributed by atoms with Crippen molar-refractivity contribution in [3.05, 3.63) is 22.7 Å². The van der Waals surface area contributed by atoms with E-state index in [0.717, 1.165) is 24.8 Å². The minimum atomic E-state index is -3.57. The molecule has 1 fully saturated rings. The van der Waals surface area contributed by atoms with Crippen LogP contribution >= 0.6 is 11.6 Å². The SMILES string of the molecule is CCCOc1cc(C)c(Cl)cc1S(=O)(=O)N1CCCC(C)C1. The summed E-state index contributed by atoms with van der Waals surface area (Å²) in [6, 6.07) is 3.24. The van der Waals surface area contributed by atoms with Crippen LogP contribution < -0.4 is 4.74 Å². The average Bonchev–Trinajstić information content (AvgIpc) is 2.48. The molecule has 0 saturated carbocycles. The number of piperidine rings is 1. The molecule has 124 valence electrons. The predicted molar refractivity (Wildman–Crippen MR) is 89.1 cm³/mol. The van der Waals surface area contributed by atoms with Gasteiger partial charge < -0.3 is 4.74 Å². The fourth-order valence-electron chi connectivity index (χ4n) is 2.67. The first kappa shape index (κ1) is 17.6. The number of ether oxygens (including phenoxy) is 1. The minimum Gasteiger partial charge on any atom is -0.492 e. The first-order chi connectivity index (χ1) is 10.4. The van der Waals surface area contributed by atoms with Gasteiger partial charge in [0.05, 0.1) is 6.61 Å². The summed E-state index contributed by atoms with van der Waals surface area (Å²) in [6.07, 6.45) is 2.78. The molecular formula is C16H24ClNO3S. The van der Waals surface area contributed by atoms with E-state index in [1.165, 1.54) is 6.07 Å². The predicted octanol–water partition coefficient (Wildman–Crippen LogP) is 3.86. The topological polar surface area (TPSA) is 46.6 Å². The molecule has 0 radical (unpaired) electrons. The Kier molecular flexibility index (Phi) is 5.75. The lowest BCUT2D eigenvalue weighted by Crippen LogP contribution is -2.39. The van der Waals surface area contributed by atoms with Crippen LogP contribution in [0, 0.1) is 12.8 Å². The van der Waals surface area contributed by atoms with Crippen molar-refractivity contribution < 1.29 is 13.2 Å². The second-order valence-electron chi connectivity index (χ2n) is 6.01. The van der Waals surface area contributed by atoms with Crippen molar-refractivity contribution in [1.82, 2.24) is 4.31 Å². The molecular weight excluding hydrogens is 322 g/mol. The van der Waals surface area contributed by atoms with Crippen molar-refractivity contribution in [2.45, 2.75) is 44.9 Å². The minimum absolute atomic E-state index is 0.186. The quantitative estimate of drug-likeness (QED) is 0.814. The number of hydrogen-bond acceptors (Lipinski definition) is 3. The summed E-state index contributed by atoms with van der Waals surface area (Å²) in [5, 5.41) is 0.451. The maximum Gasteiger partial charge on any atom is 0.246 e. The second-order valence-corrected chi connectivity index (χ2v) is 8.32. The molecule has 1 aromatic rings. The first-order valence-corrected chi connectivity index (χ1v) is 9.61. The van der Waals surface area contributed by atoms with Gasteiger partial charge >= 0.3 is 0 Å². The summed E-state index contributed by atoms with van der Waals surface area (Å²) in [6.45, 7) is 7.52. The van der Waals surface area contributed by atoms with E-state index in [-0.39, 0.29) is 4.90 Å². The Hall–Kier alpha value is -0.780. The van der Waals surface area contributed by atoms with Gasteiger partial charge in [0.25, 0.3) is 0 Å². The van der Waals surface area contributed by atoms with E-state index in [4.69, 9.17) is 16.3 Å². The number of sulfonamides is 1. The molecule has 0 bridgehead atoms. The van der Waals surface area contributed by atoms with Gasteiger partial charge in [-0.15, -0.1) is 0 Å². The maximum atomic E-state index is 13.0. The Morgan fingerprint density at radius 3 is 2.77 bits per heavy atom. The molecule has 1 saturated heterocycles. The third-order valence-electron chi connectivity index (χ3n) is 3.92. The lowest BCUT2D eigenvalue weighted by Gasteiger charge is -2.30. The molecule has 1 heterocycles. The average molecular weight is 346 g/mol. The second kappa shape index (κ2) is 7.20. The fourth-order valence-corrected chi connectivity index (χ4v) is 4.63. The number of aryl methyl sites for hydroxylation is 1. The standard InChI is InChI=1S/C16H24ClNO3S/c1-4-8-21-15-9-13(3)14(17)10-16(15)22(19,20)18-7-5-6-12(2)11-18/h9-10,12H,4-8,11H2,1-3H3. The summed E-state index contributed by atoms with van der Waals surface area (Å²) in [4.78, 5) is 0.186. The van der Waals surface area contributed by atoms with Crippen molar-refractivity contribution in [3.63, 3.8) is 0 Å². The highest BCUT2D eigenvalue weighted by atomic mass is 35.5. The van der Waals surface area contributed by atoms with Gasteiger partial charge in [0.1, 0.15) is 10.6 Å². The van der Waals surface area contributed by atoms with E-state index >= 15 is 0 Å². The smallest absolute Gasteiger partial charge is 0.246 e. The summed E-state index contributed by atoms with van der Waals surface area (Å²) in [5.74, 6) is 0.784. The van der Waals surface area contributed by atoms with Gasteiger partial charge in [0, 0.05) is 18.1 Å². The van der Waals surface area contributed by atoms with Crippen LogP contribution in [0.25, 0.3) is 0 Å². The molecule has 1 unspecified atom stereocenters. The van der Waals surface area contributed by atoms with E-state index in [2.05, 4.69) is 6.92 Å². The zero-order chi connectivity index (χ0) is 16.3. The van der Waals surface area contributed by atoms with Crippen LogP contribution in [0.1, 0.15) is 38.7 Å². The van der Waals surface area contributed by atoms with Crippen LogP contribution in [0.3, 0.4) is 0 Å². The normalized spacial score (nSPS) is 20.1. The Labute approximate surface area is 138 Å². The van der Waals surface area contributed by atoms with E-state index in [1.54, 1.807) is 10.4 Å². The Morgan fingerprint density at radius 1 is 1.41 bits per heavy atom. The molecule has 0 aromatic heterocycles. The lowest BCUT2D eigenvalue weighted by atomic mass is 10.0. The first-order valence-electron chi connectivity index (χ1n) is 7.79. The van der Waals surface area contributed by atoms with Crippen molar-refractivity contribution in [2.75, 3.05) is 19.7 Å². The van der Waals surface area contributed by atoms with Gasteiger partial charge in [0.15, 0.2) is 0 Å². The summed E-state index contributed by atoms with van der Waals surface area (Å²) < 4.78 is 33.2. The van der Waals surface area contributed by atoms with Gasteiger partial charge in [0.2, 0.25) is 10.0 Å². The van der Waals surface area contributed by atoms with Crippen LogP contribution in [0.5, 0.6) is 5.75 Å². The van der Waals surface area contributed by atoms with Gasteiger partial charge in [-0.2, -0.15) is 4.31 Å². The van der Waals surface area contributed by atoms with Crippen molar-refractivity contribution >= 4 is 21.6 Å². The molecule has 0 spiro atoms. The Bertz CT molecular complexity index is 631. The third kappa shape index (κ3) is 3.76. The molecule has 1 aliphatic rings. The molecule has 1 atom stereocenters. The molecule has 4 nitrogen and oxygen atoms in total. The number of hydrogen-bond donors (Lipinski definition) is 0. The molecule has 0 N–H and O–H groups in total. The monoisotopic (exact) mass is 345 g/mol. The number of nitrogens with zero attached hydrogens (tertiary/aromatic N) is 1. The zero-order valence-corrected chi connectivity index (χ0v) is 15.0. The van der Waals surface area contributed by atoms with Gasteiger partial charge in [-0.25, -0.2) is 8.42 Å². The highest BCUT2D eigenvalue weighted by Crippen LogP contribution is 2.34. The largest absolute Gasteiger partial charge is 0.492 e. The summed E-state index contributed by atoms with van der Waals surface area (Å²) in [5.41, 5.74) is 0.818. The van der Waals surface area contributed by atoms with Crippen LogP contribution in [0.2, 0.25) is 5.02 Å². The Morgan fingerprint density at radius 2 is 2.14 bits per heavy atom. The Balaban J connectivity index is 2.42. The van der Waals surface area contributed by atoms with Crippen LogP contribution in [0.15, 0.2) is 17.0 Å². The molecule has 1 aromatic carbocycles. The molecule has 0 aliphatic carbocycles.